The van der Waals surface area contributed by atoms with Crippen molar-refractivity contribution in [3.63, 3.8) is 0 Å². The van der Waals surface area contributed by atoms with Crippen molar-refractivity contribution < 1.29 is 19.1 Å². The zero-order valence-corrected chi connectivity index (χ0v) is 18.4. The Hall–Kier alpha value is -3.32. The van der Waals surface area contributed by atoms with E-state index in [1.54, 1.807) is 4.90 Å². The fourth-order valence-corrected chi connectivity index (χ4v) is 4.01. The topological polar surface area (TPSA) is 67.9 Å². The standard InChI is InChI=1S/C24H21BrN2O4/c1-30-23(28)21-22(27(24(29)26-21)18-10-6-3-7-11-18)19-13-12-17(25)14-20(19)31-15-16-8-4-2-5-9-16/h2-14,21-22H,15H2,1H3,(H,26,29)/t21-,22-/m1/s1. The molecule has 7 heteroatoms. The Bertz CT molecular complexity index is 1080. The van der Waals surface area contributed by atoms with Crippen LogP contribution in [0.2, 0.25) is 0 Å². The Morgan fingerprint density at radius 1 is 1.03 bits per heavy atom. The van der Waals surface area contributed by atoms with Crippen LogP contribution in [0.5, 0.6) is 5.75 Å². The number of carbonyl (C=O) groups excluding carboxylic acids is 2. The lowest BCUT2D eigenvalue weighted by Gasteiger charge is -2.27. The van der Waals surface area contributed by atoms with E-state index in [1.165, 1.54) is 7.11 Å². The van der Waals surface area contributed by atoms with Crippen molar-refractivity contribution in [2.45, 2.75) is 18.7 Å². The molecule has 4 rings (SSSR count). The molecule has 3 aromatic rings. The normalized spacial score (nSPS) is 17.9. The second-order valence-corrected chi connectivity index (χ2v) is 7.97. The minimum Gasteiger partial charge on any atom is -0.488 e. The fourth-order valence-electron chi connectivity index (χ4n) is 3.67. The van der Waals surface area contributed by atoms with Gasteiger partial charge in [0.2, 0.25) is 0 Å². The number of carbonyl (C=O) groups is 2. The number of nitrogens with zero attached hydrogens (tertiary/aromatic N) is 1. The van der Waals surface area contributed by atoms with Gasteiger partial charge in [-0.2, -0.15) is 0 Å². The quantitative estimate of drug-likeness (QED) is 0.512. The molecule has 1 aliphatic heterocycles. The van der Waals surface area contributed by atoms with Crippen LogP contribution in [-0.4, -0.2) is 25.2 Å². The molecule has 0 radical (unpaired) electrons. The molecule has 1 fully saturated rings. The second kappa shape index (κ2) is 9.22. The number of methoxy groups -OCH3 is 1. The van der Waals surface area contributed by atoms with Gasteiger partial charge in [0.15, 0.2) is 6.04 Å². The number of benzene rings is 3. The molecule has 3 aromatic carbocycles. The van der Waals surface area contributed by atoms with Crippen LogP contribution >= 0.6 is 15.9 Å². The minimum atomic E-state index is -0.877. The number of hydrogen-bond acceptors (Lipinski definition) is 4. The summed E-state index contributed by atoms with van der Waals surface area (Å²) in [6, 6.07) is 22.7. The molecule has 31 heavy (non-hydrogen) atoms. The monoisotopic (exact) mass is 480 g/mol. The lowest BCUT2D eigenvalue weighted by Crippen LogP contribution is -2.37. The van der Waals surface area contributed by atoms with Gasteiger partial charge in [-0.05, 0) is 29.8 Å². The van der Waals surface area contributed by atoms with Crippen LogP contribution in [0.3, 0.4) is 0 Å². The van der Waals surface area contributed by atoms with Gasteiger partial charge in [-0.25, -0.2) is 9.59 Å². The van der Waals surface area contributed by atoms with Gasteiger partial charge in [0, 0.05) is 15.7 Å². The van der Waals surface area contributed by atoms with E-state index in [9.17, 15) is 9.59 Å². The summed E-state index contributed by atoms with van der Waals surface area (Å²) in [5.74, 6) is 0.0586. The average Bonchev–Trinajstić information content (AvgIpc) is 3.15. The van der Waals surface area contributed by atoms with Crippen LogP contribution in [0.4, 0.5) is 10.5 Å². The molecular formula is C24H21BrN2O4. The maximum absolute atomic E-state index is 12.9. The Labute approximate surface area is 188 Å². The van der Waals surface area contributed by atoms with E-state index in [1.807, 2.05) is 78.9 Å². The van der Waals surface area contributed by atoms with Crippen LogP contribution in [0.25, 0.3) is 0 Å². The third kappa shape index (κ3) is 4.41. The Morgan fingerprint density at radius 3 is 2.39 bits per heavy atom. The van der Waals surface area contributed by atoms with Gasteiger partial charge >= 0.3 is 12.0 Å². The van der Waals surface area contributed by atoms with Crippen molar-refractivity contribution in [1.29, 1.82) is 0 Å². The number of urea groups is 1. The maximum atomic E-state index is 12.9. The number of halogens is 1. The van der Waals surface area contributed by atoms with E-state index in [0.29, 0.717) is 23.6 Å². The highest BCUT2D eigenvalue weighted by Gasteiger charge is 2.46. The molecule has 0 bridgehead atoms. The number of rotatable bonds is 6. The van der Waals surface area contributed by atoms with Gasteiger partial charge in [-0.15, -0.1) is 0 Å². The van der Waals surface area contributed by atoms with E-state index in [-0.39, 0.29) is 6.03 Å². The summed E-state index contributed by atoms with van der Waals surface area (Å²) >= 11 is 3.49. The number of esters is 1. The molecule has 2 atom stereocenters. The Balaban J connectivity index is 1.76. The first-order valence-corrected chi connectivity index (χ1v) is 10.6. The van der Waals surface area contributed by atoms with Gasteiger partial charge < -0.3 is 14.8 Å². The van der Waals surface area contributed by atoms with Crippen molar-refractivity contribution >= 4 is 33.6 Å². The summed E-state index contributed by atoms with van der Waals surface area (Å²) in [6.45, 7) is 0.354. The third-order valence-corrected chi connectivity index (χ3v) is 5.61. The van der Waals surface area contributed by atoms with Crippen molar-refractivity contribution in [2.24, 2.45) is 0 Å². The zero-order chi connectivity index (χ0) is 21.8. The molecular weight excluding hydrogens is 460 g/mol. The predicted molar refractivity (Wildman–Crippen MR) is 121 cm³/mol. The SMILES string of the molecule is COC(=O)[C@@H]1NC(=O)N(c2ccccc2)[C@@H]1c1ccc(Br)cc1OCc1ccccc1. The molecule has 158 valence electrons. The van der Waals surface area contributed by atoms with Crippen LogP contribution in [0, 0.1) is 0 Å². The van der Waals surface area contributed by atoms with Crippen molar-refractivity contribution in [3.8, 4) is 5.75 Å². The van der Waals surface area contributed by atoms with Crippen molar-refractivity contribution in [2.75, 3.05) is 12.0 Å². The first kappa shape index (κ1) is 20.9. The third-order valence-electron chi connectivity index (χ3n) is 5.11. The molecule has 1 heterocycles. The smallest absolute Gasteiger partial charge is 0.330 e. The molecule has 6 nitrogen and oxygen atoms in total. The fraction of sp³-hybridized carbons (Fsp3) is 0.167. The summed E-state index contributed by atoms with van der Waals surface area (Å²) in [7, 11) is 1.31. The van der Waals surface area contributed by atoms with Crippen molar-refractivity contribution in [3.05, 3.63) is 94.5 Å². The van der Waals surface area contributed by atoms with E-state index < -0.39 is 18.1 Å². The molecule has 0 aromatic heterocycles. The lowest BCUT2D eigenvalue weighted by molar-refractivity contribution is -0.142. The highest BCUT2D eigenvalue weighted by molar-refractivity contribution is 9.10. The predicted octanol–water partition coefficient (Wildman–Crippen LogP) is 4.84. The highest BCUT2D eigenvalue weighted by Crippen LogP contribution is 2.40. The van der Waals surface area contributed by atoms with Gasteiger partial charge in [0.05, 0.1) is 13.2 Å². The van der Waals surface area contributed by atoms with Gasteiger partial charge in [-0.3, -0.25) is 4.90 Å². The summed E-state index contributed by atoms with van der Waals surface area (Å²) < 4.78 is 12.0. The molecule has 1 aliphatic rings. The van der Waals surface area contributed by atoms with Crippen LogP contribution in [0.1, 0.15) is 17.2 Å². The lowest BCUT2D eigenvalue weighted by atomic mass is 9.98. The van der Waals surface area contributed by atoms with E-state index in [4.69, 9.17) is 9.47 Å². The highest BCUT2D eigenvalue weighted by atomic mass is 79.9. The van der Waals surface area contributed by atoms with E-state index >= 15 is 0 Å². The zero-order valence-electron chi connectivity index (χ0n) is 16.8. The molecule has 0 spiro atoms. The van der Waals surface area contributed by atoms with E-state index in [0.717, 1.165) is 10.0 Å². The number of anilines is 1. The first-order valence-electron chi connectivity index (χ1n) is 9.77. The average molecular weight is 481 g/mol. The molecule has 0 saturated carbocycles. The number of ether oxygens (including phenoxy) is 2. The van der Waals surface area contributed by atoms with Crippen LogP contribution in [-0.2, 0) is 16.1 Å². The van der Waals surface area contributed by atoms with E-state index in [2.05, 4.69) is 21.2 Å². The minimum absolute atomic E-state index is 0.354. The molecule has 2 amide bonds. The first-order chi connectivity index (χ1) is 15.1. The second-order valence-electron chi connectivity index (χ2n) is 7.06. The largest absolute Gasteiger partial charge is 0.488 e. The maximum Gasteiger partial charge on any atom is 0.330 e. The molecule has 0 aliphatic carbocycles. The Kier molecular flexibility index (Phi) is 6.23. The Morgan fingerprint density at radius 2 is 1.71 bits per heavy atom. The summed E-state index contributed by atoms with van der Waals surface area (Å²) in [5.41, 5.74) is 2.39. The van der Waals surface area contributed by atoms with Crippen LogP contribution in [0.15, 0.2) is 83.3 Å². The summed E-state index contributed by atoms with van der Waals surface area (Å²) in [6.07, 6.45) is 0. The van der Waals surface area contributed by atoms with Crippen LogP contribution < -0.4 is 15.0 Å². The number of amides is 2. The molecule has 0 unspecified atom stereocenters. The molecule has 1 N–H and O–H groups in total. The molecule has 1 saturated heterocycles. The summed E-state index contributed by atoms with van der Waals surface area (Å²) in [5, 5.41) is 2.76. The number of para-hydroxylation sites is 1. The number of hydrogen-bond donors (Lipinski definition) is 1. The number of nitrogens with one attached hydrogen (secondary N) is 1. The van der Waals surface area contributed by atoms with Crippen molar-refractivity contribution in [1.82, 2.24) is 5.32 Å². The summed E-state index contributed by atoms with van der Waals surface area (Å²) in [4.78, 5) is 27.0. The van der Waals surface area contributed by atoms with Gasteiger partial charge in [0.25, 0.3) is 0 Å². The van der Waals surface area contributed by atoms with Gasteiger partial charge in [0.1, 0.15) is 12.4 Å². The van der Waals surface area contributed by atoms with Gasteiger partial charge in [-0.1, -0.05) is 70.5 Å².